The van der Waals surface area contributed by atoms with Gasteiger partial charge in [0.15, 0.2) is 11.6 Å². The van der Waals surface area contributed by atoms with Gasteiger partial charge in [-0.15, -0.1) is 0 Å². The van der Waals surface area contributed by atoms with Crippen LogP contribution in [0.2, 0.25) is 0 Å². The summed E-state index contributed by atoms with van der Waals surface area (Å²) in [7, 11) is 0. The number of hydrogen-bond donors (Lipinski definition) is 2. The molecule has 0 fully saturated rings. The maximum Gasteiger partial charge on any atom is 0.178 e. The molecule has 0 radical (unpaired) electrons. The second kappa shape index (κ2) is 11.1. The SMILES string of the molecule is O=C(C=Cc1ccc(O)cc1)C=Cc1ccc(C=CC(=O)C=Cc2ccc(O)cc2)cc1. The topological polar surface area (TPSA) is 74.6 Å². The van der Waals surface area contributed by atoms with Crippen LogP contribution in [0, 0.1) is 0 Å². The number of ketones is 2. The molecule has 0 aromatic heterocycles. The van der Waals surface area contributed by atoms with Gasteiger partial charge in [0.1, 0.15) is 11.5 Å². The van der Waals surface area contributed by atoms with Crippen molar-refractivity contribution in [3.05, 3.63) is 119 Å². The van der Waals surface area contributed by atoms with E-state index >= 15 is 0 Å². The van der Waals surface area contributed by atoms with Gasteiger partial charge in [-0.1, -0.05) is 72.8 Å². The molecule has 0 aliphatic heterocycles. The van der Waals surface area contributed by atoms with E-state index in [0.717, 1.165) is 22.3 Å². The lowest BCUT2D eigenvalue weighted by Gasteiger charge is -1.96. The monoisotopic (exact) mass is 422 g/mol. The number of benzene rings is 3. The van der Waals surface area contributed by atoms with Crippen LogP contribution in [-0.2, 0) is 9.59 Å². The zero-order valence-electron chi connectivity index (χ0n) is 17.3. The van der Waals surface area contributed by atoms with Crippen LogP contribution in [0.15, 0.2) is 97.1 Å². The Morgan fingerprint density at radius 3 is 0.906 bits per heavy atom. The smallest absolute Gasteiger partial charge is 0.178 e. The van der Waals surface area contributed by atoms with Crippen LogP contribution >= 0.6 is 0 Å². The fourth-order valence-electron chi connectivity index (χ4n) is 2.71. The number of hydrogen-bond acceptors (Lipinski definition) is 4. The van der Waals surface area contributed by atoms with Crippen molar-refractivity contribution in [2.45, 2.75) is 0 Å². The van der Waals surface area contributed by atoms with Crippen LogP contribution in [-0.4, -0.2) is 21.8 Å². The van der Waals surface area contributed by atoms with Gasteiger partial charge in [0, 0.05) is 0 Å². The Kier molecular flexibility index (Phi) is 7.71. The van der Waals surface area contributed by atoms with E-state index in [4.69, 9.17) is 0 Å². The number of allylic oxidation sites excluding steroid dienone is 4. The minimum atomic E-state index is -0.145. The van der Waals surface area contributed by atoms with E-state index in [1.165, 1.54) is 24.3 Å². The molecule has 0 saturated carbocycles. The van der Waals surface area contributed by atoms with Crippen molar-refractivity contribution >= 4 is 35.9 Å². The molecule has 0 bridgehead atoms. The molecule has 3 aromatic carbocycles. The molecule has 0 atom stereocenters. The fourth-order valence-corrected chi connectivity index (χ4v) is 2.71. The highest BCUT2D eigenvalue weighted by molar-refractivity contribution is 6.05. The first-order valence-corrected chi connectivity index (χ1v) is 9.96. The highest BCUT2D eigenvalue weighted by Gasteiger charge is 1.95. The molecule has 32 heavy (non-hydrogen) atoms. The van der Waals surface area contributed by atoms with Gasteiger partial charge in [0.25, 0.3) is 0 Å². The summed E-state index contributed by atoms with van der Waals surface area (Å²) in [6.07, 6.45) is 12.7. The molecular weight excluding hydrogens is 400 g/mol. The zero-order valence-corrected chi connectivity index (χ0v) is 17.3. The number of rotatable bonds is 8. The van der Waals surface area contributed by atoms with Gasteiger partial charge in [0.2, 0.25) is 0 Å². The van der Waals surface area contributed by atoms with Gasteiger partial charge in [-0.3, -0.25) is 9.59 Å². The molecule has 3 rings (SSSR count). The molecule has 0 saturated heterocycles. The minimum absolute atomic E-state index is 0.145. The zero-order chi connectivity index (χ0) is 22.8. The molecule has 4 heteroatoms. The van der Waals surface area contributed by atoms with Gasteiger partial charge >= 0.3 is 0 Å². The Morgan fingerprint density at radius 2 is 0.656 bits per heavy atom. The van der Waals surface area contributed by atoms with E-state index in [1.54, 1.807) is 72.8 Å². The summed E-state index contributed by atoms with van der Waals surface area (Å²) in [5.74, 6) is 0.0734. The standard InChI is InChI=1S/C28H22O4/c29-25(15-7-23-9-17-27(31)18-10-23)13-5-21-1-2-22(4-3-21)6-14-26(30)16-8-24-11-19-28(32)20-12-24/h1-20,31-32H. The number of carbonyl (C=O) groups excluding carboxylic acids is 2. The molecule has 158 valence electrons. The van der Waals surface area contributed by atoms with Crippen molar-refractivity contribution in [3.63, 3.8) is 0 Å². The van der Waals surface area contributed by atoms with Crippen LogP contribution in [0.3, 0.4) is 0 Å². The second-order valence-corrected chi connectivity index (χ2v) is 6.99. The van der Waals surface area contributed by atoms with Crippen LogP contribution in [0.1, 0.15) is 22.3 Å². The second-order valence-electron chi connectivity index (χ2n) is 6.99. The van der Waals surface area contributed by atoms with Gasteiger partial charge in [-0.25, -0.2) is 0 Å². The van der Waals surface area contributed by atoms with Crippen molar-refractivity contribution in [3.8, 4) is 11.5 Å². The summed E-state index contributed by atoms with van der Waals surface area (Å²) in [5, 5.41) is 18.5. The Bertz CT molecular complexity index is 1080. The van der Waals surface area contributed by atoms with E-state index in [0.29, 0.717) is 0 Å². The molecular formula is C28H22O4. The lowest BCUT2D eigenvalue weighted by molar-refractivity contribution is -0.111. The number of phenolic OH excluding ortho intramolecular Hbond substituents is 2. The van der Waals surface area contributed by atoms with Crippen molar-refractivity contribution in [1.82, 2.24) is 0 Å². The number of phenols is 2. The third kappa shape index (κ3) is 7.43. The van der Waals surface area contributed by atoms with Gasteiger partial charge in [-0.05, 0) is 70.8 Å². The minimum Gasteiger partial charge on any atom is -0.508 e. The lowest BCUT2D eigenvalue weighted by atomic mass is 10.1. The van der Waals surface area contributed by atoms with Crippen molar-refractivity contribution in [2.75, 3.05) is 0 Å². The van der Waals surface area contributed by atoms with Crippen molar-refractivity contribution < 1.29 is 19.8 Å². The average Bonchev–Trinajstić information content (AvgIpc) is 2.81. The quantitative estimate of drug-likeness (QED) is 0.458. The molecule has 0 amide bonds. The molecule has 0 aliphatic carbocycles. The molecule has 0 spiro atoms. The lowest BCUT2D eigenvalue weighted by Crippen LogP contribution is -1.86. The van der Waals surface area contributed by atoms with E-state index in [2.05, 4.69) is 0 Å². The van der Waals surface area contributed by atoms with Crippen LogP contribution in [0.4, 0.5) is 0 Å². The Hall–Kier alpha value is -4.44. The maximum atomic E-state index is 12.0. The molecule has 4 nitrogen and oxygen atoms in total. The highest BCUT2D eigenvalue weighted by Crippen LogP contribution is 2.12. The molecule has 3 aromatic rings. The van der Waals surface area contributed by atoms with Crippen LogP contribution < -0.4 is 0 Å². The van der Waals surface area contributed by atoms with Gasteiger partial charge in [0.05, 0.1) is 0 Å². The van der Waals surface area contributed by atoms with Crippen LogP contribution in [0.25, 0.3) is 24.3 Å². The average molecular weight is 422 g/mol. The predicted octanol–water partition coefficient (Wildman–Crippen LogP) is 5.69. The first kappa shape index (κ1) is 22.2. The largest absolute Gasteiger partial charge is 0.508 e. The Balaban J connectivity index is 1.52. The van der Waals surface area contributed by atoms with E-state index < -0.39 is 0 Å². The predicted molar refractivity (Wildman–Crippen MR) is 129 cm³/mol. The first-order chi connectivity index (χ1) is 15.5. The first-order valence-electron chi connectivity index (χ1n) is 9.96. The van der Waals surface area contributed by atoms with E-state index in [1.807, 2.05) is 24.3 Å². The van der Waals surface area contributed by atoms with Crippen molar-refractivity contribution in [2.24, 2.45) is 0 Å². The third-order valence-corrected chi connectivity index (χ3v) is 4.48. The maximum absolute atomic E-state index is 12.0. The fraction of sp³-hybridized carbons (Fsp3) is 0. The summed E-state index contributed by atoms with van der Waals surface area (Å²) < 4.78 is 0. The summed E-state index contributed by atoms with van der Waals surface area (Å²) in [6.45, 7) is 0. The summed E-state index contributed by atoms with van der Waals surface area (Å²) >= 11 is 0. The molecule has 2 N–H and O–H groups in total. The van der Waals surface area contributed by atoms with Gasteiger partial charge < -0.3 is 10.2 Å². The summed E-state index contributed by atoms with van der Waals surface area (Å²) in [4.78, 5) is 24.0. The van der Waals surface area contributed by atoms with Crippen LogP contribution in [0.5, 0.6) is 11.5 Å². The van der Waals surface area contributed by atoms with E-state index in [9.17, 15) is 19.8 Å². The van der Waals surface area contributed by atoms with E-state index in [-0.39, 0.29) is 23.1 Å². The third-order valence-electron chi connectivity index (χ3n) is 4.48. The Morgan fingerprint density at radius 1 is 0.438 bits per heavy atom. The number of carbonyl (C=O) groups is 2. The normalized spacial score (nSPS) is 11.8. The summed E-state index contributed by atoms with van der Waals surface area (Å²) in [5.41, 5.74) is 3.39. The van der Waals surface area contributed by atoms with Crippen molar-refractivity contribution in [1.29, 1.82) is 0 Å². The molecule has 0 unspecified atom stereocenters. The molecule has 0 heterocycles. The summed E-state index contributed by atoms with van der Waals surface area (Å²) in [6, 6.07) is 20.6. The molecule has 0 aliphatic rings. The number of aromatic hydroxyl groups is 2. The Labute approximate surface area is 186 Å². The highest BCUT2D eigenvalue weighted by atomic mass is 16.3. The van der Waals surface area contributed by atoms with Gasteiger partial charge in [-0.2, -0.15) is 0 Å².